The van der Waals surface area contributed by atoms with Crippen LogP contribution in [0.5, 0.6) is 17.2 Å². The average molecular weight is 341 g/mol. The van der Waals surface area contributed by atoms with Crippen molar-refractivity contribution in [1.82, 2.24) is 0 Å². The Kier molecular flexibility index (Phi) is 4.83. The second-order valence-electron chi connectivity index (χ2n) is 6.06. The highest BCUT2D eigenvalue weighted by molar-refractivity contribution is 6.08. The Morgan fingerprint density at radius 3 is 2.32 bits per heavy atom. The molecule has 0 saturated heterocycles. The molecule has 2 aromatic rings. The molecule has 0 aliphatic carbocycles. The highest BCUT2D eigenvalue weighted by Gasteiger charge is 2.27. The van der Waals surface area contributed by atoms with Crippen molar-refractivity contribution in [3.8, 4) is 17.2 Å². The summed E-state index contributed by atoms with van der Waals surface area (Å²) in [6.45, 7) is 2.74. The highest BCUT2D eigenvalue weighted by Crippen LogP contribution is 2.39. The van der Waals surface area contributed by atoms with Crippen LogP contribution in [0.1, 0.15) is 27.9 Å². The number of benzene rings is 2. The maximum Gasteiger partial charge on any atom is 0.258 e. The largest absolute Gasteiger partial charge is 0.493 e. The molecule has 5 heteroatoms. The number of carbonyl (C=O) groups is 1. The summed E-state index contributed by atoms with van der Waals surface area (Å²) in [6, 6.07) is 9.59. The fourth-order valence-electron chi connectivity index (χ4n) is 3.41. The first-order valence-corrected chi connectivity index (χ1v) is 8.31. The van der Waals surface area contributed by atoms with Gasteiger partial charge in [0.1, 0.15) is 0 Å². The zero-order chi connectivity index (χ0) is 18.0. The maximum absolute atomic E-state index is 13.2. The number of rotatable bonds is 4. The number of carbonyl (C=O) groups excluding carboxylic acids is 1. The fraction of sp³-hybridized carbons (Fsp3) is 0.350. The van der Waals surface area contributed by atoms with Crippen molar-refractivity contribution >= 4 is 11.6 Å². The molecule has 25 heavy (non-hydrogen) atoms. The van der Waals surface area contributed by atoms with E-state index in [9.17, 15) is 4.79 Å². The van der Waals surface area contributed by atoms with E-state index in [1.165, 1.54) is 5.56 Å². The van der Waals surface area contributed by atoms with E-state index in [0.29, 0.717) is 29.4 Å². The van der Waals surface area contributed by atoms with Gasteiger partial charge in [-0.25, -0.2) is 0 Å². The molecule has 0 aromatic heterocycles. The van der Waals surface area contributed by atoms with Gasteiger partial charge >= 0.3 is 0 Å². The standard InChI is InChI=1S/C20H23NO4/c1-13-7-5-8-14-9-6-10-21(18(13)14)20(22)15-11-16(23-2)19(25-4)17(12-15)24-3/h5,7-8,11-12H,6,9-10H2,1-4H3. The number of hydrogen-bond acceptors (Lipinski definition) is 4. The normalized spacial score (nSPS) is 13.2. The third-order valence-corrected chi connectivity index (χ3v) is 4.58. The lowest BCUT2D eigenvalue weighted by Gasteiger charge is -2.31. The number of hydrogen-bond donors (Lipinski definition) is 0. The van der Waals surface area contributed by atoms with Crippen molar-refractivity contribution in [2.75, 3.05) is 32.8 Å². The Hall–Kier alpha value is -2.69. The number of anilines is 1. The molecular weight excluding hydrogens is 318 g/mol. The quantitative estimate of drug-likeness (QED) is 0.852. The molecule has 1 aliphatic heterocycles. The molecule has 3 rings (SSSR count). The van der Waals surface area contributed by atoms with Crippen LogP contribution >= 0.6 is 0 Å². The predicted molar refractivity (Wildman–Crippen MR) is 97.3 cm³/mol. The van der Waals surface area contributed by atoms with Crippen molar-refractivity contribution in [3.05, 3.63) is 47.0 Å². The Morgan fingerprint density at radius 2 is 1.72 bits per heavy atom. The van der Waals surface area contributed by atoms with E-state index in [1.807, 2.05) is 24.0 Å². The van der Waals surface area contributed by atoms with Gasteiger partial charge in [0.25, 0.3) is 5.91 Å². The number of amides is 1. The minimum Gasteiger partial charge on any atom is -0.493 e. The monoisotopic (exact) mass is 341 g/mol. The molecule has 1 aliphatic rings. The van der Waals surface area contributed by atoms with Gasteiger partial charge in [0, 0.05) is 12.1 Å². The van der Waals surface area contributed by atoms with Crippen LogP contribution in [0, 0.1) is 6.92 Å². The van der Waals surface area contributed by atoms with Crippen LogP contribution in [0.3, 0.4) is 0 Å². The van der Waals surface area contributed by atoms with Gasteiger partial charge in [0.2, 0.25) is 5.75 Å². The van der Waals surface area contributed by atoms with E-state index < -0.39 is 0 Å². The zero-order valence-electron chi connectivity index (χ0n) is 15.1. The smallest absolute Gasteiger partial charge is 0.258 e. The third kappa shape index (κ3) is 3.02. The van der Waals surface area contributed by atoms with Crippen molar-refractivity contribution in [3.63, 3.8) is 0 Å². The number of aryl methyl sites for hydroxylation is 2. The molecule has 0 spiro atoms. The summed E-state index contributed by atoms with van der Waals surface area (Å²) in [5, 5.41) is 0. The van der Waals surface area contributed by atoms with Gasteiger partial charge in [0.15, 0.2) is 11.5 Å². The number of methoxy groups -OCH3 is 3. The van der Waals surface area contributed by atoms with Crippen molar-refractivity contribution in [2.24, 2.45) is 0 Å². The molecule has 0 saturated carbocycles. The molecule has 0 fully saturated rings. The highest BCUT2D eigenvalue weighted by atomic mass is 16.5. The molecule has 0 bridgehead atoms. The van der Waals surface area contributed by atoms with Crippen molar-refractivity contribution in [1.29, 1.82) is 0 Å². The molecule has 0 radical (unpaired) electrons. The average Bonchev–Trinajstić information content (AvgIpc) is 2.65. The van der Waals surface area contributed by atoms with Gasteiger partial charge < -0.3 is 19.1 Å². The first kappa shape index (κ1) is 17.1. The summed E-state index contributed by atoms with van der Waals surface area (Å²) >= 11 is 0. The summed E-state index contributed by atoms with van der Waals surface area (Å²) in [6.07, 6.45) is 1.95. The van der Waals surface area contributed by atoms with Crippen LogP contribution in [-0.4, -0.2) is 33.8 Å². The van der Waals surface area contributed by atoms with E-state index in [-0.39, 0.29) is 5.91 Å². The summed E-state index contributed by atoms with van der Waals surface area (Å²) in [4.78, 5) is 15.1. The van der Waals surface area contributed by atoms with E-state index in [4.69, 9.17) is 14.2 Å². The van der Waals surface area contributed by atoms with Gasteiger partial charge in [-0.2, -0.15) is 0 Å². The summed E-state index contributed by atoms with van der Waals surface area (Å²) in [5.41, 5.74) is 3.86. The summed E-state index contributed by atoms with van der Waals surface area (Å²) in [5.74, 6) is 1.38. The Balaban J connectivity index is 2.06. The van der Waals surface area contributed by atoms with Crippen LogP contribution in [0.2, 0.25) is 0 Å². The van der Waals surface area contributed by atoms with E-state index in [0.717, 1.165) is 24.1 Å². The molecule has 0 atom stereocenters. The molecule has 0 N–H and O–H groups in total. The number of ether oxygens (including phenoxy) is 3. The summed E-state index contributed by atoms with van der Waals surface area (Å²) < 4.78 is 16.1. The molecular formula is C20H23NO4. The van der Waals surface area contributed by atoms with Crippen LogP contribution in [0.15, 0.2) is 30.3 Å². The molecule has 132 valence electrons. The maximum atomic E-state index is 13.2. The van der Waals surface area contributed by atoms with Crippen molar-refractivity contribution < 1.29 is 19.0 Å². The first-order chi connectivity index (χ1) is 12.1. The van der Waals surface area contributed by atoms with Crippen LogP contribution in [-0.2, 0) is 6.42 Å². The predicted octanol–water partition coefficient (Wildman–Crippen LogP) is 3.61. The minimum atomic E-state index is -0.0606. The van der Waals surface area contributed by atoms with Gasteiger partial charge in [-0.3, -0.25) is 4.79 Å². The van der Waals surface area contributed by atoms with Gasteiger partial charge in [-0.1, -0.05) is 18.2 Å². The lowest BCUT2D eigenvalue weighted by molar-refractivity contribution is 0.0984. The topological polar surface area (TPSA) is 48.0 Å². The molecule has 1 amide bonds. The fourth-order valence-corrected chi connectivity index (χ4v) is 3.41. The van der Waals surface area contributed by atoms with E-state index in [1.54, 1.807) is 33.5 Å². The van der Waals surface area contributed by atoms with Crippen LogP contribution in [0.4, 0.5) is 5.69 Å². The number of fused-ring (bicyclic) bond motifs is 1. The SMILES string of the molecule is COc1cc(C(=O)N2CCCc3cccc(C)c32)cc(OC)c1OC. The lowest BCUT2D eigenvalue weighted by Crippen LogP contribution is -2.36. The number of nitrogens with zero attached hydrogens (tertiary/aromatic N) is 1. The Bertz CT molecular complexity index is 775. The Labute approximate surface area is 148 Å². The minimum absolute atomic E-state index is 0.0606. The zero-order valence-corrected chi connectivity index (χ0v) is 15.1. The molecule has 0 unspecified atom stereocenters. The molecule has 5 nitrogen and oxygen atoms in total. The number of para-hydroxylation sites is 1. The lowest BCUT2D eigenvalue weighted by atomic mass is 9.97. The Morgan fingerprint density at radius 1 is 1.04 bits per heavy atom. The molecule has 1 heterocycles. The summed E-state index contributed by atoms with van der Waals surface area (Å²) in [7, 11) is 4.64. The second-order valence-corrected chi connectivity index (χ2v) is 6.06. The third-order valence-electron chi connectivity index (χ3n) is 4.58. The van der Waals surface area contributed by atoms with Gasteiger partial charge in [-0.05, 0) is 43.0 Å². The first-order valence-electron chi connectivity index (χ1n) is 8.31. The van der Waals surface area contributed by atoms with Gasteiger partial charge in [-0.15, -0.1) is 0 Å². The van der Waals surface area contributed by atoms with Crippen LogP contribution < -0.4 is 19.1 Å². The van der Waals surface area contributed by atoms with E-state index in [2.05, 4.69) is 6.07 Å². The van der Waals surface area contributed by atoms with Crippen molar-refractivity contribution in [2.45, 2.75) is 19.8 Å². The van der Waals surface area contributed by atoms with Gasteiger partial charge in [0.05, 0.1) is 27.0 Å². The molecule has 2 aromatic carbocycles. The van der Waals surface area contributed by atoms with Crippen LogP contribution in [0.25, 0.3) is 0 Å². The van der Waals surface area contributed by atoms with E-state index >= 15 is 0 Å². The second kappa shape index (κ2) is 7.05.